The minimum absolute atomic E-state index is 0.279. The largest absolute Gasteiger partial charge is 0.322 e. The van der Waals surface area contributed by atoms with Crippen molar-refractivity contribution in [2.75, 3.05) is 10.6 Å². The fourth-order valence-corrected chi connectivity index (χ4v) is 2.99. The molecule has 0 unspecified atom stereocenters. The van der Waals surface area contributed by atoms with Gasteiger partial charge in [0.2, 0.25) is 5.91 Å². The predicted molar refractivity (Wildman–Crippen MR) is 115 cm³/mol. The van der Waals surface area contributed by atoms with E-state index in [0.29, 0.717) is 22.5 Å². The van der Waals surface area contributed by atoms with Crippen LogP contribution in [0.1, 0.15) is 21.5 Å². The van der Waals surface area contributed by atoms with Gasteiger partial charge in [-0.1, -0.05) is 36.9 Å². The number of anilines is 2. The fourth-order valence-electron chi connectivity index (χ4n) is 2.99. The SMILES string of the molecule is C=CC(=O)Nc1ccccc1-c1ccc(NC(=O)c2cccc(C#N)c2)cc1C. The van der Waals surface area contributed by atoms with Crippen molar-refractivity contribution in [1.82, 2.24) is 0 Å². The maximum Gasteiger partial charge on any atom is 0.255 e. The van der Waals surface area contributed by atoms with E-state index in [1.54, 1.807) is 30.3 Å². The zero-order valence-electron chi connectivity index (χ0n) is 15.9. The van der Waals surface area contributed by atoms with Gasteiger partial charge in [0, 0.05) is 22.5 Å². The van der Waals surface area contributed by atoms with Gasteiger partial charge in [-0.25, -0.2) is 0 Å². The number of para-hydroxylation sites is 1. The summed E-state index contributed by atoms with van der Waals surface area (Å²) in [5.74, 6) is -0.563. The van der Waals surface area contributed by atoms with E-state index in [0.717, 1.165) is 16.7 Å². The molecule has 0 saturated carbocycles. The number of carbonyl (C=O) groups is 2. The summed E-state index contributed by atoms with van der Waals surface area (Å²) in [6.07, 6.45) is 1.23. The van der Waals surface area contributed by atoms with Crippen LogP contribution in [0.25, 0.3) is 11.1 Å². The Balaban J connectivity index is 1.86. The first kappa shape index (κ1) is 19.6. The van der Waals surface area contributed by atoms with E-state index in [9.17, 15) is 9.59 Å². The van der Waals surface area contributed by atoms with E-state index < -0.39 is 0 Å². The normalized spacial score (nSPS) is 9.93. The first-order valence-electron chi connectivity index (χ1n) is 8.97. The Morgan fingerprint density at radius 2 is 1.76 bits per heavy atom. The van der Waals surface area contributed by atoms with Crippen molar-refractivity contribution in [3.8, 4) is 17.2 Å². The summed E-state index contributed by atoms with van der Waals surface area (Å²) < 4.78 is 0. The lowest BCUT2D eigenvalue weighted by atomic mass is 9.98. The quantitative estimate of drug-likeness (QED) is 0.616. The number of aryl methyl sites for hydroxylation is 1. The number of nitrogens with one attached hydrogen (secondary N) is 2. The van der Waals surface area contributed by atoms with Gasteiger partial charge >= 0.3 is 0 Å². The van der Waals surface area contributed by atoms with Crippen LogP contribution in [0, 0.1) is 18.3 Å². The van der Waals surface area contributed by atoms with Crippen LogP contribution in [0.2, 0.25) is 0 Å². The summed E-state index contributed by atoms with van der Waals surface area (Å²) in [5.41, 5.74) is 4.94. The molecule has 0 fully saturated rings. The average molecular weight is 381 g/mol. The summed E-state index contributed by atoms with van der Waals surface area (Å²) in [4.78, 5) is 24.2. The Kier molecular flexibility index (Phi) is 5.86. The average Bonchev–Trinajstić information content (AvgIpc) is 2.74. The summed E-state index contributed by atoms with van der Waals surface area (Å²) in [6.45, 7) is 5.42. The molecule has 142 valence electrons. The lowest BCUT2D eigenvalue weighted by molar-refractivity contribution is -0.111. The molecular weight excluding hydrogens is 362 g/mol. The highest BCUT2D eigenvalue weighted by Gasteiger charge is 2.11. The molecular formula is C24H19N3O2. The molecule has 5 heteroatoms. The molecule has 0 atom stereocenters. The number of nitrogens with zero attached hydrogens (tertiary/aromatic N) is 1. The lowest BCUT2D eigenvalue weighted by Crippen LogP contribution is -2.12. The van der Waals surface area contributed by atoms with Crippen molar-refractivity contribution in [2.45, 2.75) is 6.92 Å². The summed E-state index contributed by atoms with van der Waals surface area (Å²) in [5, 5.41) is 14.7. The van der Waals surface area contributed by atoms with Gasteiger partial charge in [0.05, 0.1) is 11.6 Å². The van der Waals surface area contributed by atoms with Crippen molar-refractivity contribution in [3.63, 3.8) is 0 Å². The lowest BCUT2D eigenvalue weighted by Gasteiger charge is -2.14. The predicted octanol–water partition coefficient (Wildman–Crippen LogP) is 4.91. The molecule has 0 spiro atoms. The molecule has 3 aromatic rings. The molecule has 29 heavy (non-hydrogen) atoms. The third-order valence-electron chi connectivity index (χ3n) is 4.40. The van der Waals surface area contributed by atoms with Crippen molar-refractivity contribution in [3.05, 3.63) is 96.1 Å². The second-order valence-corrected chi connectivity index (χ2v) is 6.42. The van der Waals surface area contributed by atoms with Crippen LogP contribution in [-0.4, -0.2) is 11.8 Å². The topological polar surface area (TPSA) is 82.0 Å². The molecule has 0 aromatic heterocycles. The van der Waals surface area contributed by atoms with E-state index in [1.165, 1.54) is 6.08 Å². The van der Waals surface area contributed by atoms with E-state index >= 15 is 0 Å². The van der Waals surface area contributed by atoms with Gasteiger partial charge in [-0.3, -0.25) is 9.59 Å². The highest BCUT2D eigenvalue weighted by molar-refractivity contribution is 6.05. The molecule has 3 rings (SSSR count). The van der Waals surface area contributed by atoms with Gasteiger partial charge < -0.3 is 10.6 Å². The summed E-state index contributed by atoms with van der Waals surface area (Å²) in [7, 11) is 0. The van der Waals surface area contributed by atoms with Crippen LogP contribution in [0.5, 0.6) is 0 Å². The molecule has 0 heterocycles. The third-order valence-corrected chi connectivity index (χ3v) is 4.40. The summed E-state index contributed by atoms with van der Waals surface area (Å²) >= 11 is 0. The van der Waals surface area contributed by atoms with Gasteiger partial charge in [-0.05, 0) is 60.5 Å². The number of rotatable bonds is 5. The van der Waals surface area contributed by atoms with Crippen LogP contribution < -0.4 is 10.6 Å². The fraction of sp³-hybridized carbons (Fsp3) is 0.0417. The number of amides is 2. The zero-order chi connectivity index (χ0) is 20.8. The third kappa shape index (κ3) is 4.57. The maximum absolute atomic E-state index is 12.5. The Labute approximate surface area is 169 Å². The zero-order valence-corrected chi connectivity index (χ0v) is 15.9. The van der Waals surface area contributed by atoms with Crippen molar-refractivity contribution >= 4 is 23.2 Å². The molecule has 0 aliphatic heterocycles. The summed E-state index contributed by atoms with van der Waals surface area (Å²) in [6, 6.07) is 21.6. The van der Waals surface area contributed by atoms with Crippen LogP contribution in [0.3, 0.4) is 0 Å². The Bertz CT molecular complexity index is 1140. The number of hydrogen-bond donors (Lipinski definition) is 2. The molecule has 2 amide bonds. The molecule has 0 aliphatic carbocycles. The van der Waals surface area contributed by atoms with Gasteiger partial charge in [-0.2, -0.15) is 5.26 Å². The molecule has 0 aliphatic rings. The molecule has 2 N–H and O–H groups in total. The van der Waals surface area contributed by atoms with Crippen LogP contribution in [-0.2, 0) is 4.79 Å². The second kappa shape index (κ2) is 8.68. The first-order valence-corrected chi connectivity index (χ1v) is 8.97. The molecule has 0 saturated heterocycles. The van der Waals surface area contributed by atoms with Gasteiger partial charge in [0.25, 0.3) is 5.91 Å². The molecule has 0 bridgehead atoms. The minimum atomic E-state index is -0.284. The standard InChI is InChI=1S/C24H19N3O2/c1-3-23(28)27-22-10-5-4-9-21(22)20-12-11-19(13-16(20)2)26-24(29)18-8-6-7-17(14-18)15-25/h3-14H,1H2,2H3,(H,26,29)(H,27,28). The molecule has 5 nitrogen and oxygen atoms in total. The number of hydrogen-bond acceptors (Lipinski definition) is 3. The number of carbonyl (C=O) groups excluding carboxylic acids is 2. The highest BCUT2D eigenvalue weighted by Crippen LogP contribution is 2.32. The Hall–Kier alpha value is -4.17. The Morgan fingerprint density at radius 3 is 2.48 bits per heavy atom. The van der Waals surface area contributed by atoms with Gasteiger partial charge in [0.1, 0.15) is 0 Å². The smallest absolute Gasteiger partial charge is 0.255 e. The maximum atomic E-state index is 12.5. The second-order valence-electron chi connectivity index (χ2n) is 6.42. The minimum Gasteiger partial charge on any atom is -0.322 e. The van der Waals surface area contributed by atoms with Gasteiger partial charge in [0.15, 0.2) is 0 Å². The first-order chi connectivity index (χ1) is 14.0. The Morgan fingerprint density at radius 1 is 0.966 bits per heavy atom. The van der Waals surface area contributed by atoms with E-state index in [-0.39, 0.29) is 11.8 Å². The van der Waals surface area contributed by atoms with Crippen molar-refractivity contribution in [1.29, 1.82) is 5.26 Å². The van der Waals surface area contributed by atoms with Crippen LogP contribution in [0.15, 0.2) is 79.4 Å². The number of benzene rings is 3. The van der Waals surface area contributed by atoms with E-state index in [1.807, 2.05) is 49.4 Å². The molecule has 3 aromatic carbocycles. The van der Waals surface area contributed by atoms with Crippen LogP contribution in [0.4, 0.5) is 11.4 Å². The van der Waals surface area contributed by atoms with Gasteiger partial charge in [-0.15, -0.1) is 0 Å². The van der Waals surface area contributed by atoms with Crippen LogP contribution >= 0.6 is 0 Å². The monoisotopic (exact) mass is 381 g/mol. The van der Waals surface area contributed by atoms with E-state index in [2.05, 4.69) is 17.2 Å². The van der Waals surface area contributed by atoms with Crippen molar-refractivity contribution < 1.29 is 9.59 Å². The highest BCUT2D eigenvalue weighted by atomic mass is 16.2. The number of nitriles is 1. The van der Waals surface area contributed by atoms with Crippen molar-refractivity contribution in [2.24, 2.45) is 0 Å². The molecule has 0 radical (unpaired) electrons. The van der Waals surface area contributed by atoms with E-state index in [4.69, 9.17) is 5.26 Å².